The van der Waals surface area contributed by atoms with E-state index in [4.69, 9.17) is 0 Å². The van der Waals surface area contributed by atoms with Crippen LogP contribution in [0.4, 0.5) is 5.69 Å². The largest absolute Gasteiger partial charge is 0.256 e. The molecule has 0 saturated heterocycles. The van der Waals surface area contributed by atoms with Crippen LogP contribution < -0.4 is 0 Å². The highest BCUT2D eigenvalue weighted by Gasteiger charge is 1.96. The summed E-state index contributed by atoms with van der Waals surface area (Å²) in [6, 6.07) is 18.2. The summed E-state index contributed by atoms with van der Waals surface area (Å²) < 4.78 is 0. The van der Waals surface area contributed by atoms with Gasteiger partial charge in [-0.2, -0.15) is 0 Å². The van der Waals surface area contributed by atoms with Gasteiger partial charge in [-0.15, -0.1) is 11.8 Å². The molecule has 0 amide bonds. The van der Waals surface area contributed by atoms with E-state index in [0.29, 0.717) is 0 Å². The molecule has 16 heavy (non-hydrogen) atoms. The van der Waals surface area contributed by atoms with Crippen molar-refractivity contribution in [2.24, 2.45) is 4.99 Å². The number of nitrogens with zero attached hydrogens (tertiary/aromatic N) is 1. The van der Waals surface area contributed by atoms with Crippen LogP contribution in [0.15, 0.2) is 64.5 Å². The molecule has 2 aromatic rings. The van der Waals surface area contributed by atoms with Crippen molar-refractivity contribution in [3.8, 4) is 0 Å². The maximum atomic E-state index is 4.45. The van der Waals surface area contributed by atoms with Crippen LogP contribution in [0.3, 0.4) is 0 Å². The third-order valence-electron chi connectivity index (χ3n) is 2.25. The lowest BCUT2D eigenvalue weighted by Crippen LogP contribution is -1.83. The summed E-state index contributed by atoms with van der Waals surface area (Å²) in [6.45, 7) is 0. The standard InChI is InChI=1S/C14H13NS/c1-16-14-10-6-5-7-12(14)11-15-13-8-3-2-4-9-13/h2-11H,1H3. The van der Waals surface area contributed by atoms with Crippen LogP contribution in [0.2, 0.25) is 0 Å². The Bertz CT molecular complexity index is 477. The molecule has 0 aromatic heterocycles. The Hall–Kier alpha value is -1.54. The Kier molecular flexibility index (Phi) is 3.78. The molecule has 2 rings (SSSR count). The normalized spacial score (nSPS) is 10.8. The number of rotatable bonds is 3. The molecule has 0 heterocycles. The van der Waals surface area contributed by atoms with E-state index >= 15 is 0 Å². The van der Waals surface area contributed by atoms with E-state index in [2.05, 4.69) is 23.4 Å². The van der Waals surface area contributed by atoms with Gasteiger partial charge in [0.05, 0.1) is 5.69 Å². The molecule has 0 aliphatic rings. The van der Waals surface area contributed by atoms with Gasteiger partial charge in [0, 0.05) is 16.7 Å². The van der Waals surface area contributed by atoms with Crippen molar-refractivity contribution in [3.63, 3.8) is 0 Å². The summed E-state index contributed by atoms with van der Waals surface area (Å²) in [5.41, 5.74) is 2.15. The first-order chi connectivity index (χ1) is 7.90. The van der Waals surface area contributed by atoms with Crippen molar-refractivity contribution in [1.82, 2.24) is 0 Å². The van der Waals surface area contributed by atoms with Crippen LogP contribution >= 0.6 is 11.8 Å². The van der Waals surface area contributed by atoms with Gasteiger partial charge in [0.1, 0.15) is 0 Å². The summed E-state index contributed by atoms with van der Waals surface area (Å²) in [5.74, 6) is 0. The molecule has 0 N–H and O–H groups in total. The molecule has 0 aliphatic heterocycles. The fraction of sp³-hybridized carbons (Fsp3) is 0.0714. The summed E-state index contributed by atoms with van der Waals surface area (Å²) in [4.78, 5) is 5.70. The zero-order valence-corrected chi connectivity index (χ0v) is 9.95. The molecule has 0 radical (unpaired) electrons. The predicted octanol–water partition coefficient (Wildman–Crippen LogP) is 4.16. The zero-order chi connectivity index (χ0) is 11.2. The van der Waals surface area contributed by atoms with Gasteiger partial charge in [0.15, 0.2) is 0 Å². The van der Waals surface area contributed by atoms with Crippen molar-refractivity contribution in [2.45, 2.75) is 4.90 Å². The van der Waals surface area contributed by atoms with E-state index < -0.39 is 0 Å². The van der Waals surface area contributed by atoms with Gasteiger partial charge in [0.2, 0.25) is 0 Å². The minimum absolute atomic E-state index is 0.985. The molecule has 2 aromatic carbocycles. The van der Waals surface area contributed by atoms with Crippen LogP contribution in [0.1, 0.15) is 5.56 Å². The maximum Gasteiger partial charge on any atom is 0.0629 e. The third kappa shape index (κ3) is 2.74. The lowest BCUT2D eigenvalue weighted by molar-refractivity contribution is 1.42. The van der Waals surface area contributed by atoms with Gasteiger partial charge in [-0.05, 0) is 24.5 Å². The van der Waals surface area contributed by atoms with Gasteiger partial charge in [0.25, 0.3) is 0 Å². The van der Waals surface area contributed by atoms with Crippen molar-refractivity contribution in [3.05, 3.63) is 60.2 Å². The monoisotopic (exact) mass is 227 g/mol. The molecule has 0 fully saturated rings. The van der Waals surface area contributed by atoms with Crippen LogP contribution in [0, 0.1) is 0 Å². The Balaban J connectivity index is 2.24. The Morgan fingerprint density at radius 2 is 1.62 bits per heavy atom. The maximum absolute atomic E-state index is 4.45. The highest BCUT2D eigenvalue weighted by Crippen LogP contribution is 2.19. The van der Waals surface area contributed by atoms with Crippen LogP contribution in [0.5, 0.6) is 0 Å². The number of benzene rings is 2. The molecule has 0 bridgehead atoms. The molecule has 2 heteroatoms. The average molecular weight is 227 g/mol. The number of hydrogen-bond acceptors (Lipinski definition) is 2. The summed E-state index contributed by atoms with van der Waals surface area (Å²) >= 11 is 1.74. The lowest BCUT2D eigenvalue weighted by Gasteiger charge is -2.00. The van der Waals surface area contributed by atoms with E-state index in [0.717, 1.165) is 5.69 Å². The first kappa shape index (κ1) is 11.0. The van der Waals surface area contributed by atoms with Crippen molar-refractivity contribution >= 4 is 23.7 Å². The lowest BCUT2D eigenvalue weighted by atomic mass is 10.2. The molecular formula is C14H13NS. The van der Waals surface area contributed by atoms with E-state index in [1.54, 1.807) is 11.8 Å². The topological polar surface area (TPSA) is 12.4 Å². The number of para-hydroxylation sites is 1. The van der Waals surface area contributed by atoms with Crippen molar-refractivity contribution in [1.29, 1.82) is 0 Å². The van der Waals surface area contributed by atoms with Gasteiger partial charge in [-0.1, -0.05) is 36.4 Å². The third-order valence-corrected chi connectivity index (χ3v) is 3.06. The van der Waals surface area contributed by atoms with Crippen LogP contribution in [-0.4, -0.2) is 12.5 Å². The van der Waals surface area contributed by atoms with Crippen LogP contribution in [0.25, 0.3) is 0 Å². The van der Waals surface area contributed by atoms with Gasteiger partial charge >= 0.3 is 0 Å². The second kappa shape index (κ2) is 5.52. The van der Waals surface area contributed by atoms with E-state index in [-0.39, 0.29) is 0 Å². The second-order valence-corrected chi connectivity index (χ2v) is 4.18. The minimum atomic E-state index is 0.985. The molecule has 1 nitrogen and oxygen atoms in total. The SMILES string of the molecule is CSc1ccccc1C=Nc1ccccc1. The number of aliphatic imine (C=N–C) groups is 1. The highest BCUT2D eigenvalue weighted by molar-refractivity contribution is 7.98. The van der Waals surface area contributed by atoms with Gasteiger partial charge < -0.3 is 0 Å². The Morgan fingerprint density at radius 3 is 2.38 bits per heavy atom. The molecular weight excluding hydrogens is 214 g/mol. The molecule has 0 aliphatic carbocycles. The Labute approximate surface area is 100 Å². The molecule has 0 unspecified atom stereocenters. The Morgan fingerprint density at radius 1 is 0.938 bits per heavy atom. The van der Waals surface area contributed by atoms with Crippen LogP contribution in [-0.2, 0) is 0 Å². The first-order valence-electron chi connectivity index (χ1n) is 5.12. The summed E-state index contributed by atoms with van der Waals surface area (Å²) in [7, 11) is 0. The van der Waals surface area contributed by atoms with E-state index in [1.807, 2.05) is 48.7 Å². The minimum Gasteiger partial charge on any atom is -0.256 e. The number of hydrogen-bond donors (Lipinski definition) is 0. The zero-order valence-electron chi connectivity index (χ0n) is 9.13. The molecule has 0 spiro atoms. The summed E-state index contributed by atoms with van der Waals surface area (Å²) in [5, 5.41) is 0. The predicted molar refractivity (Wildman–Crippen MR) is 71.9 cm³/mol. The van der Waals surface area contributed by atoms with E-state index in [9.17, 15) is 0 Å². The quantitative estimate of drug-likeness (QED) is 0.566. The van der Waals surface area contributed by atoms with Gasteiger partial charge in [-0.3, -0.25) is 4.99 Å². The molecule has 0 atom stereocenters. The van der Waals surface area contributed by atoms with Crippen molar-refractivity contribution in [2.75, 3.05) is 6.26 Å². The highest BCUT2D eigenvalue weighted by atomic mass is 32.2. The van der Waals surface area contributed by atoms with Gasteiger partial charge in [-0.25, -0.2) is 0 Å². The number of thioether (sulfide) groups is 1. The molecule has 80 valence electrons. The first-order valence-corrected chi connectivity index (χ1v) is 6.35. The van der Waals surface area contributed by atoms with Crippen molar-refractivity contribution < 1.29 is 0 Å². The second-order valence-electron chi connectivity index (χ2n) is 3.34. The van der Waals surface area contributed by atoms with E-state index in [1.165, 1.54) is 10.5 Å². The average Bonchev–Trinajstić information content (AvgIpc) is 2.38. The summed E-state index contributed by atoms with van der Waals surface area (Å²) in [6.07, 6.45) is 4.00. The fourth-order valence-electron chi connectivity index (χ4n) is 1.43. The fourth-order valence-corrected chi connectivity index (χ4v) is 2.00. The smallest absolute Gasteiger partial charge is 0.0629 e. The molecule has 0 saturated carbocycles.